The van der Waals surface area contributed by atoms with Gasteiger partial charge >= 0.3 is 0 Å². The summed E-state index contributed by atoms with van der Waals surface area (Å²) in [6.07, 6.45) is 0. The Bertz CT molecular complexity index is 239. The molecular formula is C6H6ClIN2. The van der Waals surface area contributed by atoms with Crippen LogP contribution in [0.25, 0.3) is 0 Å². The highest BCUT2D eigenvalue weighted by Crippen LogP contribution is 2.16. The molecule has 0 bridgehead atoms. The van der Waals surface area contributed by atoms with Gasteiger partial charge in [-0.15, -0.1) is 0 Å². The van der Waals surface area contributed by atoms with Gasteiger partial charge in [0.15, 0.2) is 3.83 Å². The van der Waals surface area contributed by atoms with Gasteiger partial charge < -0.3 is 0 Å². The van der Waals surface area contributed by atoms with Crippen molar-refractivity contribution in [2.75, 3.05) is 0 Å². The molecule has 0 spiro atoms. The van der Waals surface area contributed by atoms with Gasteiger partial charge in [-0.3, -0.25) is 0 Å². The molecule has 1 aromatic heterocycles. The second-order valence-electron chi connectivity index (χ2n) is 1.98. The number of halogens is 2. The standard InChI is InChI=1S/C6H6ClIN2/c1-3-5(7)4(2)10-6(8)9-3/h1-2H3. The summed E-state index contributed by atoms with van der Waals surface area (Å²) in [6, 6.07) is 0. The van der Waals surface area contributed by atoms with Crippen molar-refractivity contribution >= 4 is 34.2 Å². The van der Waals surface area contributed by atoms with Crippen molar-refractivity contribution in [3.63, 3.8) is 0 Å². The van der Waals surface area contributed by atoms with Crippen LogP contribution >= 0.6 is 34.2 Å². The monoisotopic (exact) mass is 268 g/mol. The Kier molecular flexibility index (Phi) is 2.46. The quantitative estimate of drug-likeness (QED) is 0.533. The van der Waals surface area contributed by atoms with Crippen molar-refractivity contribution in [3.8, 4) is 0 Å². The maximum atomic E-state index is 5.82. The molecule has 0 aliphatic carbocycles. The predicted octanol–water partition coefficient (Wildman–Crippen LogP) is 2.35. The highest BCUT2D eigenvalue weighted by Gasteiger charge is 2.02. The topological polar surface area (TPSA) is 25.8 Å². The van der Waals surface area contributed by atoms with Gasteiger partial charge in [0.2, 0.25) is 0 Å². The average molecular weight is 268 g/mol. The van der Waals surface area contributed by atoms with Gasteiger partial charge in [-0.05, 0) is 13.8 Å². The van der Waals surface area contributed by atoms with Gasteiger partial charge in [0.05, 0.1) is 16.4 Å². The second kappa shape index (κ2) is 3.00. The van der Waals surface area contributed by atoms with Gasteiger partial charge in [0, 0.05) is 22.6 Å². The Labute approximate surface area is 78.2 Å². The van der Waals surface area contributed by atoms with E-state index in [-0.39, 0.29) is 0 Å². The normalized spacial score (nSPS) is 10.0. The van der Waals surface area contributed by atoms with Crippen LogP contribution in [0.15, 0.2) is 0 Å². The maximum absolute atomic E-state index is 5.82. The summed E-state index contributed by atoms with van der Waals surface area (Å²) in [5.41, 5.74) is 1.69. The first-order chi connectivity index (χ1) is 4.61. The Balaban J connectivity index is 3.31. The average Bonchev–Trinajstić information content (AvgIpc) is 1.82. The molecular weight excluding hydrogens is 262 g/mol. The first-order valence-corrected chi connectivity index (χ1v) is 4.23. The van der Waals surface area contributed by atoms with Crippen LogP contribution in [-0.4, -0.2) is 9.97 Å². The lowest BCUT2D eigenvalue weighted by molar-refractivity contribution is 1.01. The highest BCUT2D eigenvalue weighted by molar-refractivity contribution is 14.1. The van der Waals surface area contributed by atoms with E-state index in [0.29, 0.717) is 5.02 Å². The molecule has 0 radical (unpaired) electrons. The Morgan fingerprint density at radius 1 is 1.20 bits per heavy atom. The van der Waals surface area contributed by atoms with E-state index in [1.54, 1.807) is 0 Å². The number of hydrogen-bond acceptors (Lipinski definition) is 2. The van der Waals surface area contributed by atoms with E-state index in [9.17, 15) is 0 Å². The van der Waals surface area contributed by atoms with E-state index < -0.39 is 0 Å². The molecule has 4 heteroatoms. The fourth-order valence-corrected chi connectivity index (χ4v) is 1.47. The van der Waals surface area contributed by atoms with Crippen molar-refractivity contribution < 1.29 is 0 Å². The summed E-state index contributed by atoms with van der Waals surface area (Å²) in [5, 5.41) is 0.667. The fraction of sp³-hybridized carbons (Fsp3) is 0.333. The first kappa shape index (κ1) is 8.20. The molecule has 0 aliphatic rings. The summed E-state index contributed by atoms with van der Waals surface area (Å²) in [6.45, 7) is 3.75. The number of aryl methyl sites for hydroxylation is 2. The van der Waals surface area contributed by atoms with Crippen LogP contribution in [0.4, 0.5) is 0 Å². The molecule has 1 heterocycles. The van der Waals surface area contributed by atoms with Crippen LogP contribution in [0.5, 0.6) is 0 Å². The number of nitrogens with zero attached hydrogens (tertiary/aromatic N) is 2. The van der Waals surface area contributed by atoms with Crippen LogP contribution < -0.4 is 0 Å². The summed E-state index contributed by atoms with van der Waals surface area (Å²) in [4.78, 5) is 8.16. The Hall–Kier alpha value is 0.1000. The lowest BCUT2D eigenvalue weighted by atomic mass is 10.4. The van der Waals surface area contributed by atoms with Gasteiger partial charge in [-0.1, -0.05) is 11.6 Å². The summed E-state index contributed by atoms with van der Waals surface area (Å²) < 4.78 is 0.747. The molecule has 2 nitrogen and oxygen atoms in total. The molecule has 54 valence electrons. The minimum absolute atomic E-state index is 0.667. The third-order valence-corrected chi connectivity index (χ3v) is 2.18. The zero-order chi connectivity index (χ0) is 7.72. The molecule has 0 saturated heterocycles. The van der Waals surface area contributed by atoms with Crippen molar-refractivity contribution in [1.82, 2.24) is 9.97 Å². The van der Waals surface area contributed by atoms with E-state index in [1.807, 2.05) is 13.8 Å². The summed E-state index contributed by atoms with van der Waals surface area (Å²) in [5.74, 6) is 0. The molecule has 0 atom stereocenters. The van der Waals surface area contributed by atoms with Crippen molar-refractivity contribution in [2.24, 2.45) is 0 Å². The van der Waals surface area contributed by atoms with E-state index in [4.69, 9.17) is 11.6 Å². The molecule has 0 aliphatic heterocycles. The SMILES string of the molecule is Cc1nc(I)nc(C)c1Cl. The van der Waals surface area contributed by atoms with Crippen LogP contribution in [-0.2, 0) is 0 Å². The predicted molar refractivity (Wildman–Crippen MR) is 49.2 cm³/mol. The molecule has 0 N–H and O–H groups in total. The molecule has 0 unspecified atom stereocenters. The van der Waals surface area contributed by atoms with Crippen LogP contribution in [0, 0.1) is 17.7 Å². The van der Waals surface area contributed by atoms with Crippen molar-refractivity contribution in [2.45, 2.75) is 13.8 Å². The van der Waals surface area contributed by atoms with Gasteiger partial charge in [0.1, 0.15) is 0 Å². The van der Waals surface area contributed by atoms with Crippen LogP contribution in [0.2, 0.25) is 5.02 Å². The van der Waals surface area contributed by atoms with Gasteiger partial charge in [-0.25, -0.2) is 9.97 Å². The zero-order valence-electron chi connectivity index (χ0n) is 5.65. The lowest BCUT2D eigenvalue weighted by Crippen LogP contribution is -1.94. The Morgan fingerprint density at radius 3 is 2.00 bits per heavy atom. The van der Waals surface area contributed by atoms with E-state index in [0.717, 1.165) is 15.2 Å². The third kappa shape index (κ3) is 1.58. The second-order valence-corrected chi connectivity index (χ2v) is 3.32. The molecule has 0 fully saturated rings. The minimum atomic E-state index is 0.667. The minimum Gasteiger partial charge on any atom is -0.227 e. The largest absolute Gasteiger partial charge is 0.227 e. The van der Waals surface area contributed by atoms with Crippen molar-refractivity contribution in [1.29, 1.82) is 0 Å². The summed E-state index contributed by atoms with van der Waals surface area (Å²) in [7, 11) is 0. The molecule has 10 heavy (non-hydrogen) atoms. The van der Waals surface area contributed by atoms with Crippen molar-refractivity contribution in [3.05, 3.63) is 20.2 Å². The molecule has 1 rings (SSSR count). The highest BCUT2D eigenvalue weighted by atomic mass is 127. The maximum Gasteiger partial charge on any atom is 0.191 e. The molecule has 0 aromatic carbocycles. The molecule has 0 saturated carbocycles. The van der Waals surface area contributed by atoms with E-state index in [2.05, 4.69) is 32.6 Å². The number of aromatic nitrogens is 2. The van der Waals surface area contributed by atoms with E-state index >= 15 is 0 Å². The van der Waals surface area contributed by atoms with Crippen LogP contribution in [0.3, 0.4) is 0 Å². The van der Waals surface area contributed by atoms with Crippen LogP contribution in [0.1, 0.15) is 11.4 Å². The smallest absolute Gasteiger partial charge is 0.191 e. The number of hydrogen-bond donors (Lipinski definition) is 0. The first-order valence-electron chi connectivity index (χ1n) is 2.77. The van der Waals surface area contributed by atoms with Gasteiger partial charge in [0.25, 0.3) is 0 Å². The fourth-order valence-electron chi connectivity index (χ4n) is 0.662. The molecule has 0 amide bonds. The zero-order valence-corrected chi connectivity index (χ0v) is 8.56. The van der Waals surface area contributed by atoms with Gasteiger partial charge in [-0.2, -0.15) is 0 Å². The molecule has 1 aromatic rings. The third-order valence-electron chi connectivity index (χ3n) is 1.16. The lowest BCUT2D eigenvalue weighted by Gasteiger charge is -1.99. The number of rotatable bonds is 0. The summed E-state index contributed by atoms with van der Waals surface area (Å²) >= 11 is 7.89. The van der Waals surface area contributed by atoms with E-state index in [1.165, 1.54) is 0 Å². The Morgan fingerprint density at radius 2 is 1.60 bits per heavy atom.